The van der Waals surface area contributed by atoms with Crippen LogP contribution in [0.2, 0.25) is 0 Å². The summed E-state index contributed by atoms with van der Waals surface area (Å²) in [7, 11) is 1.58. The minimum Gasteiger partial charge on any atom is -0.391 e. The number of rotatable bonds is 50. The van der Waals surface area contributed by atoms with Crippen LogP contribution < -0.4 is 5.32 Å². The van der Waals surface area contributed by atoms with Crippen LogP contribution in [-0.4, -0.2) is 73.4 Å². The first-order valence-electron chi connectivity index (χ1n) is 28.5. The summed E-state index contributed by atoms with van der Waals surface area (Å²) in [5.41, 5.74) is 0. The molecule has 0 fully saturated rings. The van der Waals surface area contributed by atoms with Gasteiger partial charge < -0.3 is 19.8 Å². The highest BCUT2D eigenvalue weighted by Gasteiger charge is 2.28. The van der Waals surface area contributed by atoms with Crippen molar-refractivity contribution in [2.45, 2.75) is 219 Å². The van der Waals surface area contributed by atoms with Crippen molar-refractivity contribution < 1.29 is 32.9 Å². The second kappa shape index (κ2) is 52.5. The van der Waals surface area contributed by atoms with E-state index in [0.29, 0.717) is 23.9 Å². The fraction of sp³-hybridized carbons (Fsp3) is 0.635. The molecular weight excluding hydrogens is 912 g/mol. The molecule has 410 valence electrons. The Morgan fingerprint density at radius 3 is 1.22 bits per heavy atom. The number of quaternary nitrogens is 1. The van der Waals surface area contributed by atoms with Crippen LogP contribution in [0.5, 0.6) is 0 Å². The van der Waals surface area contributed by atoms with Crippen molar-refractivity contribution in [1.82, 2.24) is 5.32 Å². The number of phosphoric ester groups is 1. The fourth-order valence-corrected chi connectivity index (χ4v) is 8.20. The van der Waals surface area contributed by atoms with Crippen LogP contribution in [0.25, 0.3) is 0 Å². The van der Waals surface area contributed by atoms with Crippen molar-refractivity contribution in [3.8, 4) is 0 Å². The highest BCUT2D eigenvalue weighted by atomic mass is 31.2. The summed E-state index contributed by atoms with van der Waals surface area (Å²) in [6, 6.07) is -0.779. The van der Waals surface area contributed by atoms with Gasteiger partial charge in [-0.05, 0) is 96.3 Å². The quantitative estimate of drug-likeness (QED) is 0.0243. The van der Waals surface area contributed by atoms with Crippen LogP contribution in [0.4, 0.5) is 0 Å². The number of nitrogens with one attached hydrogen (secondary N) is 1. The number of likely N-dealkylation sites (N-methyl/N-ethyl adjacent to an activating group) is 1. The monoisotopic (exact) mass is 1020 g/mol. The van der Waals surface area contributed by atoms with Crippen LogP contribution in [0.3, 0.4) is 0 Å². The summed E-state index contributed by atoms with van der Waals surface area (Å²) in [6.07, 6.45) is 79.4. The van der Waals surface area contributed by atoms with Crippen molar-refractivity contribution in [3.05, 3.63) is 134 Å². The minimum absolute atomic E-state index is 0.0635. The smallest absolute Gasteiger partial charge is 0.391 e. The van der Waals surface area contributed by atoms with Gasteiger partial charge in [0.1, 0.15) is 13.2 Å². The van der Waals surface area contributed by atoms with Gasteiger partial charge in [-0.2, -0.15) is 0 Å². The fourth-order valence-electron chi connectivity index (χ4n) is 7.46. The molecule has 0 heterocycles. The van der Waals surface area contributed by atoms with Gasteiger partial charge in [-0.1, -0.05) is 237 Å². The Morgan fingerprint density at radius 2 is 0.833 bits per heavy atom. The lowest BCUT2D eigenvalue weighted by atomic mass is 10.0. The Morgan fingerprint density at radius 1 is 0.486 bits per heavy atom. The predicted octanol–water partition coefficient (Wildman–Crippen LogP) is 17.5. The third kappa shape index (κ3) is 54.4. The Hall–Kier alpha value is -3.36. The molecule has 1 amide bonds. The second-order valence-electron chi connectivity index (χ2n) is 19.9. The van der Waals surface area contributed by atoms with Crippen LogP contribution >= 0.6 is 7.82 Å². The Labute approximate surface area is 443 Å². The van der Waals surface area contributed by atoms with E-state index in [1.807, 2.05) is 21.1 Å². The highest BCUT2D eigenvalue weighted by molar-refractivity contribution is 7.47. The number of phosphoric acid groups is 1. The molecule has 0 saturated carbocycles. The summed E-state index contributed by atoms with van der Waals surface area (Å²) in [5.74, 6) is -0.170. The van der Waals surface area contributed by atoms with Gasteiger partial charge in [0, 0.05) is 6.42 Å². The summed E-state index contributed by atoms with van der Waals surface area (Å²) in [4.78, 5) is 23.2. The number of amides is 1. The van der Waals surface area contributed by atoms with Crippen LogP contribution in [0.1, 0.15) is 206 Å². The number of hydrogen-bond acceptors (Lipinski definition) is 5. The maximum absolute atomic E-state index is 12.9. The van der Waals surface area contributed by atoms with E-state index in [-0.39, 0.29) is 19.1 Å². The van der Waals surface area contributed by atoms with Gasteiger partial charge in [0.15, 0.2) is 0 Å². The van der Waals surface area contributed by atoms with E-state index in [1.165, 1.54) is 51.4 Å². The molecule has 3 atom stereocenters. The van der Waals surface area contributed by atoms with E-state index >= 15 is 0 Å². The molecule has 0 spiro atoms. The number of hydrogen-bond donors (Lipinski definition) is 3. The first-order valence-corrected chi connectivity index (χ1v) is 30.0. The van der Waals surface area contributed by atoms with Gasteiger partial charge in [0.2, 0.25) is 5.91 Å². The van der Waals surface area contributed by atoms with Gasteiger partial charge in [0.25, 0.3) is 0 Å². The number of aliphatic hydroxyl groups is 1. The lowest BCUT2D eigenvalue weighted by Gasteiger charge is -2.26. The van der Waals surface area contributed by atoms with E-state index < -0.39 is 20.0 Å². The zero-order valence-corrected chi connectivity index (χ0v) is 47.5. The molecule has 0 aromatic rings. The van der Waals surface area contributed by atoms with Gasteiger partial charge in [-0.3, -0.25) is 13.8 Å². The zero-order valence-electron chi connectivity index (χ0n) is 46.6. The van der Waals surface area contributed by atoms with Crippen molar-refractivity contribution in [2.75, 3.05) is 40.9 Å². The molecule has 72 heavy (non-hydrogen) atoms. The van der Waals surface area contributed by atoms with Crippen LogP contribution in [-0.2, 0) is 18.4 Å². The van der Waals surface area contributed by atoms with Crippen LogP contribution in [0.15, 0.2) is 134 Å². The molecule has 0 aliphatic carbocycles. The molecular formula is C63H108N2O6P+. The lowest BCUT2D eigenvalue weighted by Crippen LogP contribution is -2.46. The summed E-state index contributed by atoms with van der Waals surface area (Å²) in [6.45, 7) is 4.72. The zero-order chi connectivity index (χ0) is 52.7. The van der Waals surface area contributed by atoms with Gasteiger partial charge in [-0.15, -0.1) is 0 Å². The first kappa shape index (κ1) is 68.6. The number of unbranched alkanes of at least 4 members (excludes halogenated alkanes) is 15. The maximum atomic E-state index is 12.9. The van der Waals surface area contributed by atoms with Crippen molar-refractivity contribution >= 4 is 13.7 Å². The van der Waals surface area contributed by atoms with E-state index in [2.05, 4.69) is 153 Å². The van der Waals surface area contributed by atoms with Crippen LogP contribution in [0, 0.1) is 0 Å². The molecule has 3 N–H and O–H groups in total. The molecule has 0 aromatic heterocycles. The Bertz CT molecular complexity index is 1630. The molecule has 8 nitrogen and oxygen atoms in total. The maximum Gasteiger partial charge on any atom is 0.472 e. The number of allylic oxidation sites excluding steroid dienone is 22. The predicted molar refractivity (Wildman–Crippen MR) is 313 cm³/mol. The van der Waals surface area contributed by atoms with Crippen molar-refractivity contribution in [3.63, 3.8) is 0 Å². The topological polar surface area (TPSA) is 105 Å². The first-order chi connectivity index (χ1) is 35.0. The minimum atomic E-state index is -4.33. The SMILES string of the molecule is CC/C=C\C/C=C\C/C=C\C/C=C\C/C=C\C/C=C\C/C=C\C/C=C\C/C=C\C/C=C\C/C=C\CCCCCCCC(=O)NC(COP(=O)(O)OCC[N+](C)(C)C)C(O)CCCCCCCCCCCCC. The largest absolute Gasteiger partial charge is 0.472 e. The highest BCUT2D eigenvalue weighted by Crippen LogP contribution is 2.43. The molecule has 0 saturated heterocycles. The third-order valence-corrected chi connectivity index (χ3v) is 12.9. The molecule has 0 aliphatic heterocycles. The van der Waals surface area contributed by atoms with E-state index in [4.69, 9.17) is 9.05 Å². The van der Waals surface area contributed by atoms with Gasteiger partial charge >= 0.3 is 7.82 Å². The summed E-state index contributed by atoms with van der Waals surface area (Å²) in [5, 5.41) is 14.0. The second-order valence-corrected chi connectivity index (χ2v) is 21.4. The normalized spacial score (nSPS) is 14.9. The average molecular weight is 1020 g/mol. The van der Waals surface area contributed by atoms with Crippen molar-refractivity contribution in [1.29, 1.82) is 0 Å². The third-order valence-electron chi connectivity index (χ3n) is 11.9. The number of carbonyl (C=O) groups excluding carboxylic acids is 1. The Balaban J connectivity index is 4.14. The molecule has 0 rings (SSSR count). The standard InChI is InChI=1S/C63H107N2O6P/c1-6-8-10-12-14-16-18-19-20-21-22-23-24-25-26-27-28-29-30-31-32-33-34-35-36-37-38-39-40-41-42-43-44-45-47-49-51-53-55-57-63(67)64-61(60-71-72(68,69)70-59-58-65(3,4)5)62(66)56-54-52-50-48-46-17-15-13-11-9-7-2/h8,10,14,16,19-20,22-23,25-26,28-29,31-32,34-35,37-38,40-41,43-44,61-62,66H,6-7,9,11-13,15,17-18,21,24,27,30,33,36,39,42,45-60H2,1-5H3,(H-,64,67,68,69)/p+1/b10-8-,16-14-,20-19-,23-22-,26-25-,29-28-,32-31-,35-34-,38-37-,41-40-,44-43-. The molecule has 0 bridgehead atoms. The Kier molecular flexibility index (Phi) is 50.1. The lowest BCUT2D eigenvalue weighted by molar-refractivity contribution is -0.870. The number of aliphatic hydroxyl groups excluding tert-OH is 1. The summed E-state index contributed by atoms with van der Waals surface area (Å²) < 4.78 is 23.7. The van der Waals surface area contributed by atoms with E-state index in [1.54, 1.807) is 0 Å². The average Bonchev–Trinajstić information content (AvgIpc) is 3.34. The van der Waals surface area contributed by atoms with Crippen molar-refractivity contribution in [2.24, 2.45) is 0 Å². The molecule has 0 aliphatic rings. The number of carbonyl (C=O) groups is 1. The molecule has 0 aromatic carbocycles. The van der Waals surface area contributed by atoms with E-state index in [9.17, 15) is 19.4 Å². The molecule has 9 heteroatoms. The van der Waals surface area contributed by atoms with E-state index in [0.717, 1.165) is 128 Å². The molecule has 3 unspecified atom stereocenters. The van der Waals surface area contributed by atoms with Gasteiger partial charge in [-0.25, -0.2) is 4.57 Å². The van der Waals surface area contributed by atoms with Gasteiger partial charge in [0.05, 0.1) is 39.9 Å². The number of nitrogens with zero attached hydrogens (tertiary/aromatic N) is 1. The summed E-state index contributed by atoms with van der Waals surface area (Å²) >= 11 is 0. The molecule has 0 radical (unpaired) electrons.